The summed E-state index contributed by atoms with van der Waals surface area (Å²) in [6.07, 6.45) is 0.634. The number of halogens is 1. The van der Waals surface area contributed by atoms with E-state index in [1.54, 1.807) is 36.2 Å². The lowest BCUT2D eigenvalue weighted by molar-refractivity contribution is 0.0993. The summed E-state index contributed by atoms with van der Waals surface area (Å²) in [5.41, 5.74) is 2.95. The van der Waals surface area contributed by atoms with Crippen LogP contribution >= 0.6 is 15.9 Å². The van der Waals surface area contributed by atoms with Gasteiger partial charge in [0.2, 0.25) is 10.0 Å². The zero-order valence-electron chi connectivity index (χ0n) is 14.1. The van der Waals surface area contributed by atoms with E-state index in [0.717, 1.165) is 15.7 Å². The number of nitrogens with zero attached hydrogens (tertiary/aromatic N) is 2. The van der Waals surface area contributed by atoms with Crippen LogP contribution in [0.2, 0.25) is 0 Å². The lowest BCUT2D eigenvalue weighted by Gasteiger charge is -2.21. The number of rotatable bonds is 3. The zero-order chi connectivity index (χ0) is 18.2. The summed E-state index contributed by atoms with van der Waals surface area (Å²) in [7, 11) is -1.48. The number of hydrogen-bond donors (Lipinski definition) is 0. The van der Waals surface area contributed by atoms with E-state index in [4.69, 9.17) is 0 Å². The SMILES string of the molecule is Cc1cc(Br)ccc1N(C)C(=O)c1ccc(N2CCCS2(=O)=O)cc1. The summed E-state index contributed by atoms with van der Waals surface area (Å²) >= 11 is 3.42. The molecule has 2 aromatic carbocycles. The fraction of sp³-hybridized carbons (Fsp3) is 0.278. The number of hydrogen-bond acceptors (Lipinski definition) is 3. The highest BCUT2D eigenvalue weighted by Crippen LogP contribution is 2.26. The van der Waals surface area contributed by atoms with E-state index < -0.39 is 10.0 Å². The van der Waals surface area contributed by atoms with Gasteiger partial charge in [-0.3, -0.25) is 9.10 Å². The Bertz CT molecular complexity index is 910. The first-order valence-corrected chi connectivity index (χ1v) is 10.3. The quantitative estimate of drug-likeness (QED) is 0.759. The molecule has 7 heteroatoms. The fourth-order valence-corrected chi connectivity index (χ4v) is 5.04. The van der Waals surface area contributed by atoms with Gasteiger partial charge in [0.1, 0.15) is 0 Å². The molecule has 1 saturated heterocycles. The van der Waals surface area contributed by atoms with Crippen LogP contribution in [0.15, 0.2) is 46.9 Å². The molecule has 5 nitrogen and oxygen atoms in total. The second-order valence-corrected chi connectivity index (χ2v) is 9.01. The molecule has 1 fully saturated rings. The number of carbonyl (C=O) groups is 1. The minimum absolute atomic E-state index is 0.138. The predicted octanol–water partition coefficient (Wildman–Crippen LogP) is 3.57. The molecule has 1 heterocycles. The van der Waals surface area contributed by atoms with Gasteiger partial charge in [-0.2, -0.15) is 0 Å². The molecule has 0 bridgehead atoms. The van der Waals surface area contributed by atoms with E-state index >= 15 is 0 Å². The van der Waals surface area contributed by atoms with E-state index in [0.29, 0.717) is 24.2 Å². The monoisotopic (exact) mass is 422 g/mol. The molecule has 2 aromatic rings. The molecule has 0 aromatic heterocycles. The molecule has 25 heavy (non-hydrogen) atoms. The molecular weight excluding hydrogens is 404 g/mol. The van der Waals surface area contributed by atoms with Crippen molar-refractivity contribution in [2.75, 3.05) is 28.6 Å². The van der Waals surface area contributed by atoms with Gasteiger partial charge in [0.25, 0.3) is 5.91 Å². The molecule has 3 rings (SSSR count). The second kappa shape index (κ2) is 6.80. The van der Waals surface area contributed by atoms with E-state index in [-0.39, 0.29) is 11.7 Å². The van der Waals surface area contributed by atoms with Gasteiger partial charge in [0, 0.05) is 29.3 Å². The van der Waals surface area contributed by atoms with Gasteiger partial charge in [0.05, 0.1) is 11.4 Å². The van der Waals surface area contributed by atoms with Crippen LogP contribution in [0.25, 0.3) is 0 Å². The van der Waals surface area contributed by atoms with E-state index in [1.165, 1.54) is 4.31 Å². The van der Waals surface area contributed by atoms with Crippen LogP contribution in [0.1, 0.15) is 22.3 Å². The van der Waals surface area contributed by atoms with Crippen LogP contribution < -0.4 is 9.21 Å². The molecule has 132 valence electrons. The molecule has 0 saturated carbocycles. The molecule has 1 aliphatic rings. The van der Waals surface area contributed by atoms with Crippen molar-refractivity contribution < 1.29 is 13.2 Å². The van der Waals surface area contributed by atoms with Crippen molar-refractivity contribution in [1.82, 2.24) is 0 Å². The highest BCUT2D eigenvalue weighted by Gasteiger charge is 2.28. The third kappa shape index (κ3) is 3.57. The summed E-state index contributed by atoms with van der Waals surface area (Å²) in [6.45, 7) is 2.44. The van der Waals surface area contributed by atoms with Gasteiger partial charge in [-0.15, -0.1) is 0 Å². The van der Waals surface area contributed by atoms with Gasteiger partial charge in [-0.1, -0.05) is 15.9 Å². The van der Waals surface area contributed by atoms with Crippen molar-refractivity contribution in [3.63, 3.8) is 0 Å². The lowest BCUT2D eigenvalue weighted by atomic mass is 10.1. The Kier molecular flexibility index (Phi) is 4.88. The Morgan fingerprint density at radius 1 is 1.16 bits per heavy atom. The van der Waals surface area contributed by atoms with Crippen LogP contribution in [0.5, 0.6) is 0 Å². The van der Waals surface area contributed by atoms with Crippen LogP contribution in [0.4, 0.5) is 11.4 Å². The van der Waals surface area contributed by atoms with Crippen LogP contribution in [0, 0.1) is 6.92 Å². The third-order valence-corrected chi connectivity index (χ3v) is 6.69. The number of carbonyl (C=O) groups excluding carboxylic acids is 1. The summed E-state index contributed by atoms with van der Waals surface area (Å²) in [5, 5.41) is 0. The Labute approximate surface area is 156 Å². The van der Waals surface area contributed by atoms with Gasteiger partial charge in [0.15, 0.2) is 0 Å². The van der Waals surface area contributed by atoms with Crippen molar-refractivity contribution in [1.29, 1.82) is 0 Å². The zero-order valence-corrected chi connectivity index (χ0v) is 16.5. The first-order valence-electron chi connectivity index (χ1n) is 7.94. The van der Waals surface area contributed by atoms with Crippen LogP contribution in [-0.2, 0) is 10.0 Å². The molecular formula is C18H19BrN2O3S. The van der Waals surface area contributed by atoms with Crippen molar-refractivity contribution >= 4 is 43.2 Å². The fourth-order valence-electron chi connectivity index (χ4n) is 3.00. The molecule has 1 amide bonds. The largest absolute Gasteiger partial charge is 0.311 e. The molecule has 1 aliphatic heterocycles. The van der Waals surface area contributed by atoms with E-state index in [9.17, 15) is 13.2 Å². The smallest absolute Gasteiger partial charge is 0.258 e. The number of anilines is 2. The molecule has 0 aliphatic carbocycles. The maximum Gasteiger partial charge on any atom is 0.258 e. The summed E-state index contributed by atoms with van der Waals surface area (Å²) < 4.78 is 26.3. The van der Waals surface area contributed by atoms with Gasteiger partial charge in [-0.25, -0.2) is 8.42 Å². The van der Waals surface area contributed by atoms with Gasteiger partial charge in [-0.05, 0) is 61.4 Å². The minimum Gasteiger partial charge on any atom is -0.311 e. The molecule has 0 N–H and O–H groups in total. The van der Waals surface area contributed by atoms with Crippen molar-refractivity contribution in [2.45, 2.75) is 13.3 Å². The number of amides is 1. The Morgan fingerprint density at radius 2 is 1.84 bits per heavy atom. The lowest BCUT2D eigenvalue weighted by Crippen LogP contribution is -2.27. The minimum atomic E-state index is -3.21. The average molecular weight is 423 g/mol. The first-order chi connectivity index (χ1) is 11.8. The van der Waals surface area contributed by atoms with E-state index in [2.05, 4.69) is 15.9 Å². The maximum atomic E-state index is 12.7. The Hall–Kier alpha value is -1.86. The van der Waals surface area contributed by atoms with Gasteiger partial charge >= 0.3 is 0 Å². The van der Waals surface area contributed by atoms with Crippen molar-refractivity contribution in [2.24, 2.45) is 0 Å². The van der Waals surface area contributed by atoms with Crippen LogP contribution in [-0.4, -0.2) is 33.7 Å². The average Bonchev–Trinajstić information content (AvgIpc) is 2.93. The summed E-state index contributed by atoms with van der Waals surface area (Å²) in [6, 6.07) is 12.5. The number of sulfonamides is 1. The Morgan fingerprint density at radius 3 is 2.40 bits per heavy atom. The summed E-state index contributed by atoms with van der Waals surface area (Å²) in [5.74, 6) is 0.0421. The second-order valence-electron chi connectivity index (χ2n) is 6.08. The highest BCUT2D eigenvalue weighted by atomic mass is 79.9. The Balaban J connectivity index is 1.83. The van der Waals surface area contributed by atoms with Gasteiger partial charge < -0.3 is 4.90 Å². The third-order valence-electron chi connectivity index (χ3n) is 4.33. The molecule has 0 spiro atoms. The van der Waals surface area contributed by atoms with E-state index in [1.807, 2.05) is 25.1 Å². The summed E-state index contributed by atoms with van der Waals surface area (Å²) in [4.78, 5) is 14.3. The molecule has 0 radical (unpaired) electrons. The predicted molar refractivity (Wildman–Crippen MR) is 104 cm³/mol. The normalized spacial score (nSPS) is 16.0. The number of benzene rings is 2. The highest BCUT2D eigenvalue weighted by molar-refractivity contribution is 9.10. The molecule has 0 atom stereocenters. The topological polar surface area (TPSA) is 57.7 Å². The van der Waals surface area contributed by atoms with Crippen LogP contribution in [0.3, 0.4) is 0 Å². The maximum absolute atomic E-state index is 12.7. The first kappa shape index (κ1) is 17.9. The standard InChI is InChI=1S/C18H19BrN2O3S/c1-13-12-15(19)6-9-17(13)20(2)18(22)14-4-7-16(8-5-14)21-10-3-11-25(21,23)24/h4-9,12H,3,10-11H2,1-2H3. The van der Waals surface area contributed by atoms with Crippen molar-refractivity contribution in [3.8, 4) is 0 Å². The van der Waals surface area contributed by atoms with Crippen molar-refractivity contribution in [3.05, 3.63) is 58.1 Å². The molecule has 0 unspecified atom stereocenters. The number of aryl methyl sites for hydroxylation is 1.